The van der Waals surface area contributed by atoms with E-state index in [2.05, 4.69) is 69.1 Å². The molecule has 104 valence electrons. The lowest BCUT2D eigenvalue weighted by molar-refractivity contribution is 0.277. The fourth-order valence-corrected chi connectivity index (χ4v) is 3.13. The summed E-state index contributed by atoms with van der Waals surface area (Å²) in [6.07, 6.45) is 1.20. The second-order valence-corrected chi connectivity index (χ2v) is 6.31. The fraction of sp³-hybridized carbons (Fsp3) is 0.500. The maximum atomic E-state index is 5.44. The molecule has 0 aliphatic heterocycles. The van der Waals surface area contributed by atoms with E-state index < -0.39 is 0 Å². The van der Waals surface area contributed by atoms with Gasteiger partial charge in [-0.2, -0.15) is 0 Å². The number of benzene rings is 1. The molecule has 0 spiro atoms. The van der Waals surface area contributed by atoms with Gasteiger partial charge >= 0.3 is 0 Å². The van der Waals surface area contributed by atoms with E-state index in [0.29, 0.717) is 0 Å². The predicted octanol–water partition coefficient (Wildman–Crippen LogP) is 4.04. The van der Waals surface area contributed by atoms with E-state index in [1.54, 1.807) is 0 Å². The minimum atomic E-state index is 0.824. The highest BCUT2D eigenvalue weighted by atomic mass is 127. The van der Waals surface area contributed by atoms with Crippen LogP contribution in [0.1, 0.15) is 20.3 Å². The van der Waals surface area contributed by atoms with Crippen molar-refractivity contribution in [3.05, 3.63) is 26.5 Å². The van der Waals surface area contributed by atoms with Crippen LogP contribution < -0.4 is 0 Å². The van der Waals surface area contributed by atoms with Gasteiger partial charge in [0.1, 0.15) is 0 Å². The van der Waals surface area contributed by atoms with Crippen LogP contribution in [0.2, 0.25) is 0 Å². The summed E-state index contributed by atoms with van der Waals surface area (Å²) >= 11 is 7.76. The Morgan fingerprint density at radius 3 is 2.79 bits per heavy atom. The number of nitrogens with one attached hydrogen (secondary N) is 1. The van der Waals surface area contributed by atoms with Gasteiger partial charge in [-0.15, -0.1) is 0 Å². The molecule has 1 aromatic carbocycles. The van der Waals surface area contributed by atoms with Gasteiger partial charge in [-0.25, -0.2) is 0 Å². The molecule has 0 atom stereocenters. The minimum absolute atomic E-state index is 0.824. The van der Waals surface area contributed by atoms with Gasteiger partial charge in [0.05, 0.1) is 11.0 Å². The number of imidazole rings is 1. The van der Waals surface area contributed by atoms with Crippen LogP contribution in [0.15, 0.2) is 18.2 Å². The second kappa shape index (κ2) is 6.85. The Morgan fingerprint density at radius 2 is 2.11 bits per heavy atom. The number of rotatable bonds is 6. The SMILES string of the molecule is CCCN(CC)CCn1c(=S)[nH]c2cc(I)ccc21. The van der Waals surface area contributed by atoms with Gasteiger partial charge in [-0.1, -0.05) is 13.8 Å². The second-order valence-electron chi connectivity index (χ2n) is 4.68. The van der Waals surface area contributed by atoms with Crippen LogP contribution in [0.3, 0.4) is 0 Å². The number of hydrogen-bond donors (Lipinski definition) is 1. The number of likely N-dealkylation sites (N-methyl/N-ethyl adjacent to an activating group) is 1. The molecule has 0 aliphatic rings. The van der Waals surface area contributed by atoms with Crippen molar-refractivity contribution in [1.29, 1.82) is 0 Å². The maximum Gasteiger partial charge on any atom is 0.178 e. The Labute approximate surface area is 133 Å². The van der Waals surface area contributed by atoms with Crippen molar-refractivity contribution < 1.29 is 0 Å². The topological polar surface area (TPSA) is 24.0 Å². The molecule has 0 fully saturated rings. The van der Waals surface area contributed by atoms with E-state index in [0.717, 1.165) is 36.5 Å². The first-order valence-corrected chi connectivity index (χ1v) is 8.24. The van der Waals surface area contributed by atoms with Crippen molar-refractivity contribution in [2.24, 2.45) is 0 Å². The summed E-state index contributed by atoms with van der Waals surface area (Å²) in [6, 6.07) is 6.43. The van der Waals surface area contributed by atoms with Gasteiger partial charge in [0.15, 0.2) is 4.77 Å². The highest BCUT2D eigenvalue weighted by Gasteiger charge is 2.06. The van der Waals surface area contributed by atoms with Crippen molar-refractivity contribution in [2.45, 2.75) is 26.8 Å². The predicted molar refractivity (Wildman–Crippen MR) is 92.2 cm³/mol. The van der Waals surface area contributed by atoms with Gasteiger partial charge in [0, 0.05) is 16.7 Å². The Balaban J connectivity index is 2.20. The Bertz CT molecular complexity index is 602. The van der Waals surface area contributed by atoms with Crippen LogP contribution in [0.25, 0.3) is 11.0 Å². The van der Waals surface area contributed by atoms with E-state index in [1.807, 2.05) is 0 Å². The van der Waals surface area contributed by atoms with Gasteiger partial charge in [0.2, 0.25) is 0 Å². The van der Waals surface area contributed by atoms with Gasteiger partial charge < -0.3 is 14.5 Å². The van der Waals surface area contributed by atoms with E-state index in [9.17, 15) is 0 Å². The molecule has 0 aliphatic carbocycles. The molecule has 0 saturated heterocycles. The molecular formula is C14H20IN3S. The summed E-state index contributed by atoms with van der Waals surface area (Å²) in [5.41, 5.74) is 2.34. The molecule has 2 aromatic rings. The smallest absolute Gasteiger partial charge is 0.178 e. The third-order valence-corrected chi connectivity index (χ3v) is 4.36. The summed E-state index contributed by atoms with van der Waals surface area (Å²) < 4.78 is 4.26. The number of fused-ring (bicyclic) bond motifs is 1. The molecule has 1 N–H and O–H groups in total. The van der Waals surface area contributed by atoms with Crippen LogP contribution in [-0.2, 0) is 6.54 Å². The first-order valence-electron chi connectivity index (χ1n) is 6.76. The fourth-order valence-electron chi connectivity index (χ4n) is 2.34. The maximum absolute atomic E-state index is 5.44. The molecule has 2 rings (SSSR count). The normalized spacial score (nSPS) is 11.6. The Kier molecular flexibility index (Phi) is 5.41. The summed E-state index contributed by atoms with van der Waals surface area (Å²) in [4.78, 5) is 5.76. The molecule has 3 nitrogen and oxygen atoms in total. The van der Waals surface area contributed by atoms with E-state index in [-0.39, 0.29) is 0 Å². The monoisotopic (exact) mass is 389 g/mol. The zero-order valence-electron chi connectivity index (χ0n) is 11.4. The molecule has 0 radical (unpaired) electrons. The van der Waals surface area contributed by atoms with Crippen molar-refractivity contribution >= 4 is 45.8 Å². The number of nitrogens with zero attached hydrogens (tertiary/aromatic N) is 2. The standard InChI is InChI=1S/C14H20IN3S/c1-3-7-17(4-2)8-9-18-13-6-5-11(15)10-12(13)16-14(18)19/h5-6,10H,3-4,7-9H2,1-2H3,(H,16,19). The lowest BCUT2D eigenvalue weighted by atomic mass is 10.3. The van der Waals surface area contributed by atoms with Crippen LogP contribution in [0.5, 0.6) is 0 Å². The van der Waals surface area contributed by atoms with Crippen LogP contribution in [-0.4, -0.2) is 34.1 Å². The largest absolute Gasteiger partial charge is 0.331 e. The van der Waals surface area contributed by atoms with Gasteiger partial charge in [-0.05, 0) is 72.5 Å². The number of hydrogen-bond acceptors (Lipinski definition) is 2. The summed E-state index contributed by atoms with van der Waals surface area (Å²) in [5, 5.41) is 0. The number of aromatic nitrogens is 2. The third kappa shape index (κ3) is 3.58. The molecule has 19 heavy (non-hydrogen) atoms. The van der Waals surface area contributed by atoms with Crippen LogP contribution in [0.4, 0.5) is 0 Å². The van der Waals surface area contributed by atoms with E-state index >= 15 is 0 Å². The molecule has 0 unspecified atom stereocenters. The van der Waals surface area contributed by atoms with Crippen molar-refractivity contribution in [1.82, 2.24) is 14.5 Å². The Hall–Kier alpha value is -0.400. The first kappa shape index (κ1) is 15.0. The average molecular weight is 389 g/mol. The highest BCUT2D eigenvalue weighted by molar-refractivity contribution is 14.1. The number of aromatic amines is 1. The Morgan fingerprint density at radius 1 is 1.32 bits per heavy atom. The van der Waals surface area contributed by atoms with Crippen LogP contribution in [0, 0.1) is 8.34 Å². The van der Waals surface area contributed by atoms with Crippen molar-refractivity contribution in [3.8, 4) is 0 Å². The molecule has 0 saturated carbocycles. The van der Waals surface area contributed by atoms with Crippen LogP contribution >= 0.6 is 34.8 Å². The molecule has 0 bridgehead atoms. The number of H-pyrrole nitrogens is 1. The minimum Gasteiger partial charge on any atom is -0.331 e. The number of halogens is 1. The lowest BCUT2D eigenvalue weighted by Crippen LogP contribution is -2.28. The highest BCUT2D eigenvalue weighted by Crippen LogP contribution is 2.17. The first-order chi connectivity index (χ1) is 9.15. The summed E-state index contributed by atoms with van der Waals surface area (Å²) in [7, 11) is 0. The van der Waals surface area contributed by atoms with E-state index in [4.69, 9.17) is 12.2 Å². The molecule has 1 aromatic heterocycles. The van der Waals surface area contributed by atoms with E-state index in [1.165, 1.54) is 15.5 Å². The zero-order valence-corrected chi connectivity index (χ0v) is 14.4. The van der Waals surface area contributed by atoms with Gasteiger partial charge in [0.25, 0.3) is 0 Å². The third-order valence-electron chi connectivity index (χ3n) is 3.36. The van der Waals surface area contributed by atoms with Crippen molar-refractivity contribution in [2.75, 3.05) is 19.6 Å². The molecule has 1 heterocycles. The van der Waals surface area contributed by atoms with Gasteiger partial charge in [-0.3, -0.25) is 0 Å². The molecule has 0 amide bonds. The summed E-state index contributed by atoms with van der Waals surface area (Å²) in [5.74, 6) is 0. The quantitative estimate of drug-likeness (QED) is 0.596. The van der Waals surface area contributed by atoms with Crippen molar-refractivity contribution in [3.63, 3.8) is 0 Å². The lowest BCUT2D eigenvalue weighted by Gasteiger charge is -2.19. The molecular weight excluding hydrogens is 369 g/mol. The molecule has 5 heteroatoms. The summed E-state index contributed by atoms with van der Waals surface area (Å²) in [6.45, 7) is 8.70. The average Bonchev–Trinajstić information content (AvgIpc) is 2.69. The zero-order chi connectivity index (χ0) is 13.8.